The van der Waals surface area contributed by atoms with E-state index in [-0.39, 0.29) is 18.1 Å². The summed E-state index contributed by atoms with van der Waals surface area (Å²) in [6, 6.07) is 17.3. The summed E-state index contributed by atoms with van der Waals surface area (Å²) in [6.45, 7) is 0.289. The normalized spacial score (nSPS) is 12.9. The Balaban J connectivity index is 1.60. The highest BCUT2D eigenvalue weighted by Crippen LogP contribution is 2.35. The van der Waals surface area contributed by atoms with E-state index in [9.17, 15) is 18.4 Å². The molecule has 7 heteroatoms. The van der Waals surface area contributed by atoms with Crippen molar-refractivity contribution in [2.75, 3.05) is 16.8 Å². The maximum Gasteiger partial charge on any atom is 0.265 e. The molecule has 0 aromatic heterocycles. The molecule has 0 radical (unpaired) electrons. The largest absolute Gasteiger partial charge is 0.482 e. The second-order valence-electron chi connectivity index (χ2n) is 6.52. The van der Waals surface area contributed by atoms with Gasteiger partial charge >= 0.3 is 0 Å². The van der Waals surface area contributed by atoms with Crippen LogP contribution < -0.4 is 15.0 Å². The second kappa shape index (κ2) is 7.71. The van der Waals surface area contributed by atoms with Gasteiger partial charge in [0.15, 0.2) is 18.2 Å². The van der Waals surface area contributed by atoms with Crippen molar-refractivity contribution in [2.45, 2.75) is 6.54 Å². The van der Waals surface area contributed by atoms with Gasteiger partial charge in [0.05, 0.1) is 12.2 Å². The average Bonchev–Trinajstić information content (AvgIpc) is 2.73. The molecule has 5 nitrogen and oxygen atoms in total. The third kappa shape index (κ3) is 3.94. The third-order valence-electron chi connectivity index (χ3n) is 4.53. The van der Waals surface area contributed by atoms with Gasteiger partial charge in [0, 0.05) is 11.3 Å². The molecule has 1 heterocycles. The van der Waals surface area contributed by atoms with Gasteiger partial charge in [-0.1, -0.05) is 30.3 Å². The number of carbonyl (C=O) groups is 2. The van der Waals surface area contributed by atoms with Crippen molar-refractivity contribution in [1.82, 2.24) is 0 Å². The number of halogens is 2. The lowest BCUT2D eigenvalue weighted by Crippen LogP contribution is -2.38. The summed E-state index contributed by atoms with van der Waals surface area (Å²) in [5.41, 5.74) is 1.85. The van der Waals surface area contributed by atoms with Crippen LogP contribution in [0.2, 0.25) is 0 Å². The zero-order chi connectivity index (χ0) is 20.4. The molecule has 0 unspecified atom stereocenters. The molecule has 146 valence electrons. The maximum absolute atomic E-state index is 13.4. The number of anilines is 2. The Morgan fingerprint density at radius 2 is 1.79 bits per heavy atom. The van der Waals surface area contributed by atoms with Gasteiger partial charge in [-0.2, -0.15) is 0 Å². The number of hydrogen-bond acceptors (Lipinski definition) is 3. The van der Waals surface area contributed by atoms with E-state index in [0.29, 0.717) is 23.7 Å². The maximum atomic E-state index is 13.4. The minimum Gasteiger partial charge on any atom is -0.482 e. The molecule has 0 saturated heterocycles. The molecule has 0 aliphatic carbocycles. The topological polar surface area (TPSA) is 58.6 Å². The molecule has 0 bridgehead atoms. The van der Waals surface area contributed by atoms with Crippen molar-refractivity contribution in [3.05, 3.63) is 89.5 Å². The van der Waals surface area contributed by atoms with E-state index in [0.717, 1.165) is 17.7 Å². The van der Waals surface area contributed by atoms with Gasteiger partial charge in [-0.05, 0) is 42.0 Å². The van der Waals surface area contributed by atoms with Crippen molar-refractivity contribution in [2.24, 2.45) is 0 Å². The van der Waals surface area contributed by atoms with Gasteiger partial charge < -0.3 is 15.0 Å². The van der Waals surface area contributed by atoms with Gasteiger partial charge in [-0.3, -0.25) is 9.59 Å². The van der Waals surface area contributed by atoms with Crippen LogP contribution >= 0.6 is 0 Å². The first-order valence-corrected chi connectivity index (χ1v) is 8.89. The van der Waals surface area contributed by atoms with Gasteiger partial charge in [0.25, 0.3) is 11.8 Å². The van der Waals surface area contributed by atoms with Crippen molar-refractivity contribution >= 4 is 23.2 Å². The van der Waals surface area contributed by atoms with Crippen molar-refractivity contribution in [1.29, 1.82) is 0 Å². The van der Waals surface area contributed by atoms with Crippen molar-refractivity contribution in [3.8, 4) is 5.75 Å². The van der Waals surface area contributed by atoms with Crippen LogP contribution in [0.5, 0.6) is 5.75 Å². The summed E-state index contributed by atoms with van der Waals surface area (Å²) in [4.78, 5) is 26.4. The van der Waals surface area contributed by atoms with Crippen LogP contribution in [0.15, 0.2) is 66.7 Å². The molecule has 0 spiro atoms. The van der Waals surface area contributed by atoms with Crippen LogP contribution in [0, 0.1) is 11.6 Å². The zero-order valence-electron chi connectivity index (χ0n) is 15.2. The number of ether oxygens (including phenoxy) is 1. The number of nitrogens with zero attached hydrogens (tertiary/aromatic N) is 1. The number of carbonyl (C=O) groups excluding carboxylic acids is 2. The first-order chi connectivity index (χ1) is 14.0. The number of nitrogens with one attached hydrogen (secondary N) is 1. The van der Waals surface area contributed by atoms with Crippen LogP contribution in [0.4, 0.5) is 20.2 Å². The Morgan fingerprint density at radius 1 is 1.00 bits per heavy atom. The minimum atomic E-state index is -1.10. The highest BCUT2D eigenvalue weighted by molar-refractivity contribution is 6.05. The van der Waals surface area contributed by atoms with E-state index >= 15 is 0 Å². The van der Waals surface area contributed by atoms with Crippen LogP contribution in [-0.4, -0.2) is 18.4 Å². The lowest BCUT2D eigenvalue weighted by Gasteiger charge is -2.30. The Morgan fingerprint density at radius 3 is 2.55 bits per heavy atom. The van der Waals surface area contributed by atoms with Crippen LogP contribution in [0.1, 0.15) is 15.9 Å². The molecule has 0 atom stereocenters. The predicted molar refractivity (Wildman–Crippen MR) is 104 cm³/mol. The zero-order valence-corrected chi connectivity index (χ0v) is 15.2. The number of benzene rings is 3. The van der Waals surface area contributed by atoms with Crippen LogP contribution in [-0.2, 0) is 11.3 Å². The van der Waals surface area contributed by atoms with Gasteiger partial charge in [0.1, 0.15) is 5.75 Å². The summed E-state index contributed by atoms with van der Waals surface area (Å²) >= 11 is 0. The molecule has 1 aliphatic rings. The Bertz CT molecular complexity index is 1090. The Hall–Kier alpha value is -3.74. The molecular formula is C22H16F2N2O3. The van der Waals surface area contributed by atoms with E-state index in [2.05, 4.69) is 5.32 Å². The molecular weight excluding hydrogens is 378 g/mol. The lowest BCUT2D eigenvalue weighted by molar-refractivity contribution is -0.121. The molecule has 3 aromatic carbocycles. The molecule has 2 amide bonds. The van der Waals surface area contributed by atoms with Crippen LogP contribution in [0.3, 0.4) is 0 Å². The first kappa shape index (κ1) is 18.6. The molecule has 4 rings (SSSR count). The molecule has 0 saturated carbocycles. The van der Waals surface area contributed by atoms with E-state index < -0.39 is 17.5 Å². The average molecular weight is 394 g/mol. The fourth-order valence-corrected chi connectivity index (χ4v) is 3.06. The highest BCUT2D eigenvalue weighted by Gasteiger charge is 2.26. The standard InChI is InChI=1S/C22H16F2N2O3/c23-17-8-6-15(10-18(17)24)22(28)25-16-7-9-20-19(11-16)26(21(27)13-29-20)12-14-4-2-1-3-5-14/h1-11H,12-13H2,(H,25,28). The molecule has 0 fully saturated rings. The smallest absolute Gasteiger partial charge is 0.265 e. The summed E-state index contributed by atoms with van der Waals surface area (Å²) in [7, 11) is 0. The molecule has 29 heavy (non-hydrogen) atoms. The quantitative estimate of drug-likeness (QED) is 0.724. The van der Waals surface area contributed by atoms with Crippen LogP contribution in [0.25, 0.3) is 0 Å². The van der Waals surface area contributed by atoms with E-state index in [4.69, 9.17) is 4.74 Å². The summed E-state index contributed by atoms with van der Waals surface area (Å²) in [6.07, 6.45) is 0. The van der Waals surface area contributed by atoms with E-state index in [1.54, 1.807) is 23.1 Å². The Kier molecular flexibility index (Phi) is 4.95. The van der Waals surface area contributed by atoms with E-state index in [1.165, 1.54) is 6.07 Å². The molecule has 1 N–H and O–H groups in total. The summed E-state index contributed by atoms with van der Waals surface area (Å²) < 4.78 is 31.9. The lowest BCUT2D eigenvalue weighted by atomic mass is 10.1. The summed E-state index contributed by atoms with van der Waals surface area (Å²) in [5.74, 6) is -2.41. The number of rotatable bonds is 4. The van der Waals surface area contributed by atoms with Crippen molar-refractivity contribution in [3.63, 3.8) is 0 Å². The SMILES string of the molecule is O=C(Nc1ccc2c(c1)N(Cc1ccccc1)C(=O)CO2)c1ccc(F)c(F)c1. The highest BCUT2D eigenvalue weighted by atomic mass is 19.2. The number of hydrogen-bond donors (Lipinski definition) is 1. The monoisotopic (exact) mass is 394 g/mol. The summed E-state index contributed by atoms with van der Waals surface area (Å²) in [5, 5.41) is 2.63. The van der Waals surface area contributed by atoms with Gasteiger partial charge in [-0.15, -0.1) is 0 Å². The fourth-order valence-electron chi connectivity index (χ4n) is 3.06. The van der Waals surface area contributed by atoms with E-state index in [1.807, 2.05) is 30.3 Å². The second-order valence-corrected chi connectivity index (χ2v) is 6.52. The first-order valence-electron chi connectivity index (χ1n) is 8.89. The Labute approximate surface area is 165 Å². The molecule has 3 aromatic rings. The fraction of sp³-hybridized carbons (Fsp3) is 0.0909. The van der Waals surface area contributed by atoms with Gasteiger partial charge in [0.2, 0.25) is 0 Å². The predicted octanol–water partition coefficient (Wildman–Crippen LogP) is 4.14. The minimum absolute atomic E-state index is 0.0184. The third-order valence-corrected chi connectivity index (χ3v) is 4.53. The van der Waals surface area contributed by atoms with Crippen molar-refractivity contribution < 1.29 is 23.1 Å². The number of amides is 2. The number of fused-ring (bicyclic) bond motifs is 1. The molecule has 1 aliphatic heterocycles. The van der Waals surface area contributed by atoms with Gasteiger partial charge in [-0.25, -0.2) is 8.78 Å².